The molecule has 15 heavy (non-hydrogen) atoms. The third kappa shape index (κ3) is 1.68. The molecule has 0 saturated carbocycles. The topological polar surface area (TPSA) is 34.4 Å². The summed E-state index contributed by atoms with van der Waals surface area (Å²) in [5.41, 5.74) is 1.94. The molecule has 5 heteroatoms. The zero-order valence-corrected chi connectivity index (χ0v) is 10.3. The molecule has 0 N–H and O–H groups in total. The summed E-state index contributed by atoms with van der Waals surface area (Å²) in [6.45, 7) is 1.86. The van der Waals surface area contributed by atoms with E-state index in [2.05, 4.69) is 20.9 Å². The molecule has 0 aliphatic carbocycles. The van der Waals surface area contributed by atoms with Gasteiger partial charge in [-0.2, -0.15) is 0 Å². The van der Waals surface area contributed by atoms with Crippen molar-refractivity contribution >= 4 is 33.2 Å². The minimum Gasteiger partial charge on any atom is -0.268 e. The lowest BCUT2D eigenvalue weighted by Gasteiger charge is -2.06. The minimum absolute atomic E-state index is 0.117. The molecule has 0 saturated heterocycles. The number of alkyl halides is 1. The van der Waals surface area contributed by atoms with Crippen molar-refractivity contribution in [3.8, 4) is 0 Å². The van der Waals surface area contributed by atoms with Crippen LogP contribution in [0.15, 0.2) is 27.5 Å². The average molecular weight is 288 g/mol. The van der Waals surface area contributed by atoms with Crippen LogP contribution in [0.5, 0.6) is 0 Å². The Balaban J connectivity index is 2.98. The van der Waals surface area contributed by atoms with Crippen LogP contribution < -0.4 is 5.56 Å². The van der Waals surface area contributed by atoms with E-state index in [1.54, 1.807) is 10.5 Å². The zero-order chi connectivity index (χ0) is 11.0. The van der Waals surface area contributed by atoms with Crippen molar-refractivity contribution in [1.29, 1.82) is 0 Å². The SMILES string of the molecule is Cc1cccc2nc(CCl)c(Br)c(=O)n12. The van der Waals surface area contributed by atoms with Crippen LogP contribution in [0, 0.1) is 6.92 Å². The molecule has 78 valence electrons. The van der Waals surface area contributed by atoms with Crippen molar-refractivity contribution < 1.29 is 0 Å². The molecule has 0 bridgehead atoms. The maximum Gasteiger partial charge on any atom is 0.272 e. The van der Waals surface area contributed by atoms with Crippen molar-refractivity contribution in [1.82, 2.24) is 9.38 Å². The molecule has 0 amide bonds. The standard InChI is InChI=1S/C10H8BrClN2O/c1-6-3-2-4-8-13-7(5-12)9(11)10(15)14(6)8/h2-4H,5H2,1H3. The van der Waals surface area contributed by atoms with Gasteiger partial charge in [-0.3, -0.25) is 9.20 Å². The second-order valence-corrected chi connectivity index (χ2v) is 4.23. The van der Waals surface area contributed by atoms with Crippen LogP contribution in [0.1, 0.15) is 11.4 Å². The van der Waals surface area contributed by atoms with Gasteiger partial charge in [-0.05, 0) is 35.0 Å². The largest absolute Gasteiger partial charge is 0.272 e. The summed E-state index contributed by atoms with van der Waals surface area (Å²) >= 11 is 8.92. The lowest BCUT2D eigenvalue weighted by Crippen LogP contribution is -2.19. The highest BCUT2D eigenvalue weighted by molar-refractivity contribution is 9.10. The van der Waals surface area contributed by atoms with Gasteiger partial charge < -0.3 is 0 Å². The summed E-state index contributed by atoms with van der Waals surface area (Å²) in [6.07, 6.45) is 0. The van der Waals surface area contributed by atoms with E-state index in [1.807, 2.05) is 19.1 Å². The lowest BCUT2D eigenvalue weighted by atomic mass is 10.3. The molecule has 0 aliphatic rings. The van der Waals surface area contributed by atoms with Gasteiger partial charge in [0.15, 0.2) is 0 Å². The smallest absolute Gasteiger partial charge is 0.268 e. The minimum atomic E-state index is -0.117. The molecular weight excluding hydrogens is 279 g/mol. The Labute approximate surface area is 99.8 Å². The summed E-state index contributed by atoms with van der Waals surface area (Å²) in [4.78, 5) is 16.2. The molecule has 0 atom stereocenters. The summed E-state index contributed by atoms with van der Waals surface area (Å²) in [6, 6.07) is 5.52. The highest BCUT2D eigenvalue weighted by atomic mass is 79.9. The number of nitrogens with zero attached hydrogens (tertiary/aromatic N) is 2. The van der Waals surface area contributed by atoms with Gasteiger partial charge in [-0.1, -0.05) is 6.07 Å². The highest BCUT2D eigenvalue weighted by Gasteiger charge is 2.09. The Bertz CT molecular complexity index is 579. The van der Waals surface area contributed by atoms with Crippen LogP contribution in [-0.2, 0) is 5.88 Å². The lowest BCUT2D eigenvalue weighted by molar-refractivity contribution is 0.954. The van der Waals surface area contributed by atoms with Crippen molar-refractivity contribution in [2.45, 2.75) is 12.8 Å². The predicted octanol–water partition coefficient (Wildman–Crippen LogP) is 2.50. The van der Waals surface area contributed by atoms with Crippen LogP contribution in [0.2, 0.25) is 0 Å². The Morgan fingerprint density at radius 1 is 1.53 bits per heavy atom. The van der Waals surface area contributed by atoms with Crippen LogP contribution in [0.25, 0.3) is 5.65 Å². The molecule has 0 aliphatic heterocycles. The Morgan fingerprint density at radius 2 is 2.27 bits per heavy atom. The van der Waals surface area contributed by atoms with Gasteiger partial charge >= 0.3 is 0 Å². The number of pyridine rings is 1. The Hall–Kier alpha value is -0.870. The highest BCUT2D eigenvalue weighted by Crippen LogP contribution is 2.14. The molecular formula is C10H8BrClN2O. The van der Waals surface area contributed by atoms with Gasteiger partial charge in [0.25, 0.3) is 5.56 Å². The van der Waals surface area contributed by atoms with Crippen LogP contribution >= 0.6 is 27.5 Å². The molecule has 2 aromatic heterocycles. The fourth-order valence-corrected chi connectivity index (χ4v) is 2.21. The first-order valence-corrected chi connectivity index (χ1v) is 5.70. The van der Waals surface area contributed by atoms with Gasteiger partial charge in [-0.25, -0.2) is 4.98 Å². The van der Waals surface area contributed by atoms with E-state index in [9.17, 15) is 4.79 Å². The molecule has 3 nitrogen and oxygen atoms in total. The number of fused-ring (bicyclic) bond motifs is 1. The van der Waals surface area contributed by atoms with E-state index < -0.39 is 0 Å². The van der Waals surface area contributed by atoms with E-state index in [0.29, 0.717) is 15.8 Å². The Morgan fingerprint density at radius 3 is 2.93 bits per heavy atom. The van der Waals surface area contributed by atoms with Gasteiger partial charge in [0.05, 0.1) is 11.6 Å². The van der Waals surface area contributed by atoms with Gasteiger partial charge in [0.2, 0.25) is 0 Å². The van der Waals surface area contributed by atoms with E-state index >= 15 is 0 Å². The van der Waals surface area contributed by atoms with Gasteiger partial charge in [0, 0.05) is 5.69 Å². The maximum atomic E-state index is 11.9. The van der Waals surface area contributed by atoms with E-state index in [-0.39, 0.29) is 11.4 Å². The molecule has 2 heterocycles. The van der Waals surface area contributed by atoms with Crippen molar-refractivity contribution in [3.05, 3.63) is 44.4 Å². The monoisotopic (exact) mass is 286 g/mol. The molecule has 0 spiro atoms. The first-order chi connectivity index (χ1) is 7.15. The third-order valence-electron chi connectivity index (χ3n) is 2.18. The van der Waals surface area contributed by atoms with E-state index in [4.69, 9.17) is 11.6 Å². The first-order valence-electron chi connectivity index (χ1n) is 4.38. The second kappa shape index (κ2) is 3.94. The van der Waals surface area contributed by atoms with E-state index in [0.717, 1.165) is 5.69 Å². The van der Waals surface area contributed by atoms with Crippen LogP contribution in [-0.4, -0.2) is 9.38 Å². The number of hydrogen-bond acceptors (Lipinski definition) is 2. The fraction of sp³-hybridized carbons (Fsp3) is 0.200. The summed E-state index contributed by atoms with van der Waals surface area (Å²) in [5, 5.41) is 0. The van der Waals surface area contributed by atoms with Gasteiger partial charge in [-0.15, -0.1) is 11.6 Å². The van der Waals surface area contributed by atoms with E-state index in [1.165, 1.54) is 0 Å². The number of hydrogen-bond donors (Lipinski definition) is 0. The summed E-state index contributed by atoms with van der Waals surface area (Å²) in [5.74, 6) is 0.222. The number of halogens is 2. The average Bonchev–Trinajstić information content (AvgIpc) is 2.23. The molecule has 2 rings (SSSR count). The van der Waals surface area contributed by atoms with Crippen molar-refractivity contribution in [2.24, 2.45) is 0 Å². The molecule has 0 radical (unpaired) electrons. The quantitative estimate of drug-likeness (QED) is 0.755. The third-order valence-corrected chi connectivity index (χ3v) is 3.23. The van der Waals surface area contributed by atoms with Gasteiger partial charge in [0.1, 0.15) is 10.1 Å². The Kier molecular flexibility index (Phi) is 2.80. The van der Waals surface area contributed by atoms with Crippen LogP contribution in [0.3, 0.4) is 0 Å². The van der Waals surface area contributed by atoms with Crippen molar-refractivity contribution in [2.75, 3.05) is 0 Å². The molecule has 0 unspecified atom stereocenters. The zero-order valence-electron chi connectivity index (χ0n) is 8.00. The molecule has 0 fully saturated rings. The molecule has 2 aromatic rings. The first kappa shape index (κ1) is 10.6. The fourth-order valence-electron chi connectivity index (χ4n) is 1.45. The maximum absolute atomic E-state index is 11.9. The predicted molar refractivity (Wildman–Crippen MR) is 63.5 cm³/mol. The molecule has 0 aromatic carbocycles. The summed E-state index contributed by atoms with van der Waals surface area (Å²) < 4.78 is 1.99. The van der Waals surface area contributed by atoms with Crippen LogP contribution in [0.4, 0.5) is 0 Å². The normalized spacial score (nSPS) is 10.9. The number of aromatic nitrogens is 2. The summed E-state index contributed by atoms with van der Waals surface area (Å²) in [7, 11) is 0. The van der Waals surface area contributed by atoms with Crippen molar-refractivity contribution in [3.63, 3.8) is 0 Å². The number of aryl methyl sites for hydroxylation is 1. The number of rotatable bonds is 1. The second-order valence-electron chi connectivity index (χ2n) is 3.17.